The van der Waals surface area contributed by atoms with Crippen molar-refractivity contribution >= 4 is 17.5 Å². The maximum Gasteiger partial charge on any atom is 0.263 e. The average Bonchev–Trinajstić information content (AvgIpc) is 2.93. The third-order valence-corrected chi connectivity index (χ3v) is 2.80. The highest BCUT2D eigenvalue weighted by Gasteiger charge is 2.14. The van der Waals surface area contributed by atoms with Crippen LogP contribution in [-0.2, 0) is 6.54 Å². The third kappa shape index (κ3) is 4.22. The van der Waals surface area contributed by atoms with Gasteiger partial charge in [-0.2, -0.15) is 5.21 Å². The molecule has 0 atom stereocenters. The van der Waals surface area contributed by atoms with Crippen molar-refractivity contribution in [2.24, 2.45) is 0 Å². The van der Waals surface area contributed by atoms with E-state index in [4.69, 9.17) is 21.1 Å². The smallest absolute Gasteiger partial charge is 0.263 e. The fourth-order valence-corrected chi connectivity index (χ4v) is 2.03. The van der Waals surface area contributed by atoms with Crippen LogP contribution in [0.3, 0.4) is 0 Å². The highest BCUT2D eigenvalue weighted by atomic mass is 35.5. The summed E-state index contributed by atoms with van der Waals surface area (Å²) in [5.41, 5.74) is 0.935. The molecule has 2 rings (SSSR count). The quantitative estimate of drug-likeness (QED) is 0.817. The summed E-state index contributed by atoms with van der Waals surface area (Å²) in [6.07, 6.45) is 0.0185. The lowest BCUT2D eigenvalue weighted by Gasteiger charge is -2.17. The molecule has 0 aliphatic carbocycles. The van der Waals surface area contributed by atoms with Crippen molar-refractivity contribution < 1.29 is 9.47 Å². The molecule has 2 N–H and O–H groups in total. The molecular weight excluding hydrogens is 294 g/mol. The van der Waals surface area contributed by atoms with Crippen LogP contribution >= 0.6 is 11.6 Å². The van der Waals surface area contributed by atoms with Crippen molar-refractivity contribution in [1.82, 2.24) is 20.6 Å². The number of nitrogens with zero attached hydrogens (tertiary/aromatic N) is 3. The molecule has 0 bridgehead atoms. The highest BCUT2D eigenvalue weighted by Crippen LogP contribution is 2.37. The van der Waals surface area contributed by atoms with Gasteiger partial charge in [-0.05, 0) is 43.7 Å². The van der Waals surface area contributed by atoms with Gasteiger partial charge in [0.1, 0.15) is 0 Å². The average molecular weight is 312 g/mol. The van der Waals surface area contributed by atoms with Gasteiger partial charge in [0.25, 0.3) is 5.95 Å². The molecule has 8 heteroatoms. The van der Waals surface area contributed by atoms with E-state index in [9.17, 15) is 0 Å². The van der Waals surface area contributed by atoms with Crippen molar-refractivity contribution in [2.75, 3.05) is 11.9 Å². The summed E-state index contributed by atoms with van der Waals surface area (Å²) >= 11 is 6.29. The molecule has 0 aliphatic rings. The number of rotatable bonds is 7. The van der Waals surface area contributed by atoms with E-state index in [0.717, 1.165) is 5.56 Å². The molecule has 0 saturated heterocycles. The Morgan fingerprint density at radius 3 is 2.81 bits per heavy atom. The zero-order chi connectivity index (χ0) is 15.2. The van der Waals surface area contributed by atoms with Crippen LogP contribution in [0.5, 0.6) is 11.5 Å². The van der Waals surface area contributed by atoms with Crippen molar-refractivity contribution in [3.8, 4) is 11.5 Å². The lowest BCUT2D eigenvalue weighted by Crippen LogP contribution is -2.09. The number of nitrogens with one attached hydrogen (secondary N) is 2. The minimum absolute atomic E-state index is 0.0185. The van der Waals surface area contributed by atoms with Crippen molar-refractivity contribution in [3.63, 3.8) is 0 Å². The molecule has 114 valence electrons. The van der Waals surface area contributed by atoms with Crippen LogP contribution < -0.4 is 14.8 Å². The Bertz CT molecular complexity index is 574. The Morgan fingerprint density at radius 2 is 2.19 bits per heavy atom. The molecule has 1 aromatic carbocycles. The number of anilines is 1. The molecule has 0 radical (unpaired) electrons. The minimum Gasteiger partial charge on any atom is -0.490 e. The predicted molar refractivity (Wildman–Crippen MR) is 79.9 cm³/mol. The van der Waals surface area contributed by atoms with E-state index in [1.165, 1.54) is 0 Å². The molecular formula is C13H18ClN5O2. The second-order valence-corrected chi connectivity index (χ2v) is 5.00. The van der Waals surface area contributed by atoms with E-state index >= 15 is 0 Å². The number of ether oxygens (including phenoxy) is 2. The van der Waals surface area contributed by atoms with E-state index in [2.05, 4.69) is 25.9 Å². The van der Waals surface area contributed by atoms with Crippen LogP contribution in [0.15, 0.2) is 12.1 Å². The number of aromatic nitrogens is 4. The topological polar surface area (TPSA) is 85.0 Å². The normalized spacial score (nSPS) is 10.7. The SMILES string of the molecule is CCOc1cc(CNc2nn[nH]n2)cc(Cl)c1OC(C)C. The van der Waals surface area contributed by atoms with Gasteiger partial charge in [0.15, 0.2) is 11.5 Å². The number of benzene rings is 1. The van der Waals surface area contributed by atoms with Gasteiger partial charge in [0, 0.05) is 6.54 Å². The van der Waals surface area contributed by atoms with Crippen LogP contribution in [0.25, 0.3) is 0 Å². The van der Waals surface area contributed by atoms with Gasteiger partial charge >= 0.3 is 0 Å². The second kappa shape index (κ2) is 7.12. The summed E-state index contributed by atoms with van der Waals surface area (Å²) in [5.74, 6) is 1.62. The molecule has 21 heavy (non-hydrogen) atoms. The number of hydrogen-bond donors (Lipinski definition) is 2. The van der Waals surface area contributed by atoms with E-state index in [0.29, 0.717) is 35.6 Å². The fourth-order valence-electron chi connectivity index (χ4n) is 1.75. The first-order valence-electron chi connectivity index (χ1n) is 6.69. The summed E-state index contributed by atoms with van der Waals surface area (Å²) in [7, 11) is 0. The first kappa shape index (κ1) is 15.4. The van der Waals surface area contributed by atoms with Gasteiger partial charge in [0.2, 0.25) is 0 Å². The number of halogens is 1. The van der Waals surface area contributed by atoms with E-state index in [1.807, 2.05) is 32.9 Å². The van der Waals surface area contributed by atoms with Crippen LogP contribution in [0.1, 0.15) is 26.3 Å². The fraction of sp³-hybridized carbons (Fsp3) is 0.462. The Morgan fingerprint density at radius 1 is 1.38 bits per heavy atom. The molecule has 1 heterocycles. The zero-order valence-electron chi connectivity index (χ0n) is 12.2. The number of aromatic amines is 1. The molecule has 0 amide bonds. The molecule has 0 fully saturated rings. The maximum absolute atomic E-state index is 6.29. The molecule has 0 spiro atoms. The summed E-state index contributed by atoms with van der Waals surface area (Å²) in [4.78, 5) is 0. The maximum atomic E-state index is 6.29. The molecule has 1 aromatic heterocycles. The van der Waals surface area contributed by atoms with Gasteiger partial charge in [-0.3, -0.25) is 0 Å². The molecule has 0 saturated carbocycles. The molecule has 0 aliphatic heterocycles. The summed E-state index contributed by atoms with van der Waals surface area (Å²) in [5, 5.41) is 17.0. The summed E-state index contributed by atoms with van der Waals surface area (Å²) in [6, 6.07) is 3.72. The van der Waals surface area contributed by atoms with Gasteiger partial charge in [-0.15, -0.1) is 5.10 Å². The summed E-state index contributed by atoms with van der Waals surface area (Å²) < 4.78 is 11.3. The molecule has 0 unspecified atom stereocenters. The van der Waals surface area contributed by atoms with Crippen LogP contribution in [0, 0.1) is 0 Å². The molecule has 7 nitrogen and oxygen atoms in total. The van der Waals surface area contributed by atoms with E-state index in [1.54, 1.807) is 0 Å². The Labute approximate surface area is 128 Å². The lowest BCUT2D eigenvalue weighted by molar-refractivity contribution is 0.224. The third-order valence-electron chi connectivity index (χ3n) is 2.52. The van der Waals surface area contributed by atoms with Crippen molar-refractivity contribution in [2.45, 2.75) is 33.4 Å². The highest BCUT2D eigenvalue weighted by molar-refractivity contribution is 6.32. The second-order valence-electron chi connectivity index (χ2n) is 4.59. The lowest BCUT2D eigenvalue weighted by atomic mass is 10.2. The van der Waals surface area contributed by atoms with Crippen LogP contribution in [-0.4, -0.2) is 33.3 Å². The standard InChI is InChI=1S/C13H18ClN5O2/c1-4-20-11-6-9(7-15-13-16-18-19-17-13)5-10(14)12(11)21-8(2)3/h5-6,8H,4,7H2,1-3H3,(H2,15,16,17,18,19). The van der Waals surface area contributed by atoms with E-state index < -0.39 is 0 Å². The van der Waals surface area contributed by atoms with Crippen LogP contribution in [0.4, 0.5) is 5.95 Å². The van der Waals surface area contributed by atoms with Gasteiger partial charge in [-0.25, -0.2) is 0 Å². The monoisotopic (exact) mass is 311 g/mol. The Hall–Kier alpha value is -2.02. The van der Waals surface area contributed by atoms with Gasteiger partial charge in [-0.1, -0.05) is 16.7 Å². The van der Waals surface area contributed by atoms with Crippen molar-refractivity contribution in [3.05, 3.63) is 22.7 Å². The first-order valence-corrected chi connectivity index (χ1v) is 7.07. The summed E-state index contributed by atoms with van der Waals surface area (Å²) in [6.45, 7) is 6.83. The Kier molecular flexibility index (Phi) is 5.21. The number of tetrazole rings is 1. The molecule has 2 aromatic rings. The predicted octanol–water partition coefficient (Wildman–Crippen LogP) is 2.65. The van der Waals surface area contributed by atoms with Crippen LogP contribution in [0.2, 0.25) is 5.02 Å². The minimum atomic E-state index is 0.0185. The number of H-pyrrole nitrogens is 1. The number of hydrogen-bond acceptors (Lipinski definition) is 6. The zero-order valence-corrected chi connectivity index (χ0v) is 12.9. The largest absolute Gasteiger partial charge is 0.490 e. The van der Waals surface area contributed by atoms with Gasteiger partial charge in [0.05, 0.1) is 17.7 Å². The Balaban J connectivity index is 2.18. The van der Waals surface area contributed by atoms with Crippen molar-refractivity contribution in [1.29, 1.82) is 0 Å². The van der Waals surface area contributed by atoms with E-state index in [-0.39, 0.29) is 6.10 Å². The first-order chi connectivity index (χ1) is 10.1. The van der Waals surface area contributed by atoms with Gasteiger partial charge < -0.3 is 14.8 Å².